The van der Waals surface area contributed by atoms with E-state index in [-0.39, 0.29) is 5.91 Å². The molecule has 0 saturated heterocycles. The lowest BCUT2D eigenvalue weighted by atomic mass is 10.2. The smallest absolute Gasteiger partial charge is 0.255 e. The van der Waals surface area contributed by atoms with Crippen LogP contribution in [-0.4, -0.2) is 13.0 Å². The molecule has 1 amide bonds. The largest absolute Gasteiger partial charge is 0.495 e. The number of carbonyl (C=O) groups excluding carboxylic acids is 1. The van der Waals surface area contributed by atoms with E-state index in [9.17, 15) is 4.79 Å². The molecule has 0 fully saturated rings. The van der Waals surface area contributed by atoms with Crippen LogP contribution in [0.5, 0.6) is 5.75 Å². The summed E-state index contributed by atoms with van der Waals surface area (Å²) in [4.78, 5) is 11.9. The molecular formula is C14H12NO2. The number of benzene rings is 2. The van der Waals surface area contributed by atoms with Crippen LogP contribution in [0, 0.1) is 6.07 Å². The van der Waals surface area contributed by atoms with Gasteiger partial charge in [0.1, 0.15) is 5.75 Å². The second-order valence-electron chi connectivity index (χ2n) is 3.45. The molecule has 0 saturated carbocycles. The van der Waals surface area contributed by atoms with Crippen LogP contribution in [0.25, 0.3) is 0 Å². The Morgan fingerprint density at radius 1 is 1.24 bits per heavy atom. The Morgan fingerprint density at radius 2 is 2.00 bits per heavy atom. The molecule has 0 aromatic heterocycles. The monoisotopic (exact) mass is 226 g/mol. The number of amides is 1. The minimum absolute atomic E-state index is 0.157. The normalized spacial score (nSPS) is 9.71. The fraction of sp³-hybridized carbons (Fsp3) is 0.0714. The summed E-state index contributed by atoms with van der Waals surface area (Å²) >= 11 is 0. The predicted molar refractivity (Wildman–Crippen MR) is 66.2 cm³/mol. The van der Waals surface area contributed by atoms with Crippen molar-refractivity contribution in [2.75, 3.05) is 12.4 Å². The molecule has 2 aromatic carbocycles. The number of nitrogens with one attached hydrogen (secondary N) is 1. The first-order valence-electron chi connectivity index (χ1n) is 5.22. The minimum Gasteiger partial charge on any atom is -0.495 e. The van der Waals surface area contributed by atoms with Gasteiger partial charge in [0.25, 0.3) is 5.91 Å². The van der Waals surface area contributed by atoms with Crippen molar-refractivity contribution in [1.82, 2.24) is 0 Å². The summed E-state index contributed by atoms with van der Waals surface area (Å²) in [5.74, 6) is 0.437. The van der Waals surface area contributed by atoms with Crippen molar-refractivity contribution in [2.45, 2.75) is 0 Å². The van der Waals surface area contributed by atoms with Gasteiger partial charge in [-0.1, -0.05) is 24.3 Å². The molecule has 3 heteroatoms. The zero-order valence-electron chi connectivity index (χ0n) is 9.44. The first-order chi connectivity index (χ1) is 8.31. The van der Waals surface area contributed by atoms with Crippen LogP contribution < -0.4 is 10.1 Å². The van der Waals surface area contributed by atoms with E-state index >= 15 is 0 Å². The van der Waals surface area contributed by atoms with Gasteiger partial charge in [0.15, 0.2) is 0 Å². The van der Waals surface area contributed by atoms with Gasteiger partial charge < -0.3 is 10.1 Å². The van der Waals surface area contributed by atoms with Gasteiger partial charge in [0.2, 0.25) is 0 Å². The molecule has 3 nitrogen and oxygen atoms in total. The molecule has 0 aliphatic rings. The first kappa shape index (κ1) is 11.2. The fourth-order valence-electron chi connectivity index (χ4n) is 1.47. The lowest BCUT2D eigenvalue weighted by molar-refractivity contribution is 0.102. The summed E-state index contributed by atoms with van der Waals surface area (Å²) in [6.45, 7) is 0. The molecular weight excluding hydrogens is 214 g/mol. The summed E-state index contributed by atoms with van der Waals surface area (Å²) in [6, 6.07) is 17.1. The highest BCUT2D eigenvalue weighted by Crippen LogP contribution is 2.23. The van der Waals surface area contributed by atoms with Crippen molar-refractivity contribution in [1.29, 1.82) is 0 Å². The fourth-order valence-corrected chi connectivity index (χ4v) is 1.47. The van der Waals surface area contributed by atoms with E-state index < -0.39 is 0 Å². The van der Waals surface area contributed by atoms with Crippen molar-refractivity contribution in [2.24, 2.45) is 0 Å². The molecule has 1 N–H and O–H groups in total. The second kappa shape index (κ2) is 5.16. The van der Waals surface area contributed by atoms with Crippen molar-refractivity contribution in [3.8, 4) is 5.75 Å². The standard InChI is InChI=1S/C14H12NO2/c1-17-13-10-6-5-9-12(13)15-14(16)11-7-3-2-4-8-11/h2-5,7-10H,1H3,(H,15,16). The Balaban J connectivity index is 2.19. The minimum atomic E-state index is -0.157. The van der Waals surface area contributed by atoms with Gasteiger partial charge in [-0.25, -0.2) is 0 Å². The quantitative estimate of drug-likeness (QED) is 0.873. The maximum absolute atomic E-state index is 11.9. The Labute approximate surface area is 100 Å². The number of carbonyl (C=O) groups is 1. The molecule has 0 atom stereocenters. The summed E-state index contributed by atoms with van der Waals surface area (Å²) in [5.41, 5.74) is 1.25. The Kier molecular flexibility index (Phi) is 3.40. The molecule has 0 aliphatic carbocycles. The molecule has 0 spiro atoms. The zero-order valence-corrected chi connectivity index (χ0v) is 9.44. The van der Waals surface area contributed by atoms with Crippen LogP contribution >= 0.6 is 0 Å². The average molecular weight is 226 g/mol. The molecule has 2 rings (SSSR count). The first-order valence-corrected chi connectivity index (χ1v) is 5.22. The van der Waals surface area contributed by atoms with Crippen LogP contribution in [0.1, 0.15) is 10.4 Å². The molecule has 0 heterocycles. The Bertz CT molecular complexity index is 509. The number of methoxy groups -OCH3 is 1. The molecule has 0 aliphatic heterocycles. The second-order valence-corrected chi connectivity index (χ2v) is 3.45. The number of rotatable bonds is 3. The van der Waals surface area contributed by atoms with Crippen LogP contribution in [0.15, 0.2) is 48.5 Å². The maximum atomic E-state index is 11.9. The van der Waals surface area contributed by atoms with E-state index in [2.05, 4.69) is 11.4 Å². The van der Waals surface area contributed by atoms with Crippen molar-refractivity contribution >= 4 is 11.6 Å². The highest BCUT2D eigenvalue weighted by atomic mass is 16.5. The summed E-state index contributed by atoms with van der Waals surface area (Å²) in [6.07, 6.45) is 0. The van der Waals surface area contributed by atoms with Crippen molar-refractivity contribution in [3.63, 3.8) is 0 Å². The van der Waals surface area contributed by atoms with Gasteiger partial charge >= 0.3 is 0 Å². The van der Waals surface area contributed by atoms with E-state index in [1.54, 1.807) is 37.4 Å². The van der Waals surface area contributed by atoms with Gasteiger partial charge in [-0.2, -0.15) is 0 Å². The van der Waals surface area contributed by atoms with E-state index in [0.29, 0.717) is 17.0 Å². The summed E-state index contributed by atoms with van der Waals surface area (Å²) < 4.78 is 5.14. The van der Waals surface area contributed by atoms with Gasteiger partial charge in [-0.3, -0.25) is 4.79 Å². The maximum Gasteiger partial charge on any atom is 0.255 e. The van der Waals surface area contributed by atoms with Crippen molar-refractivity contribution < 1.29 is 9.53 Å². The van der Waals surface area contributed by atoms with E-state index in [0.717, 1.165) is 0 Å². The highest BCUT2D eigenvalue weighted by Gasteiger charge is 2.08. The number of ether oxygens (including phenoxy) is 1. The van der Waals surface area contributed by atoms with E-state index in [1.807, 2.05) is 18.2 Å². The SMILES string of the molecule is COc1c[c]ccc1NC(=O)c1ccccc1. The number of hydrogen-bond donors (Lipinski definition) is 1. The van der Waals surface area contributed by atoms with Crippen LogP contribution in [0.2, 0.25) is 0 Å². The number of anilines is 1. The summed E-state index contributed by atoms with van der Waals surface area (Å²) in [5, 5.41) is 2.79. The molecule has 2 aromatic rings. The van der Waals surface area contributed by atoms with Crippen LogP contribution in [0.3, 0.4) is 0 Å². The zero-order chi connectivity index (χ0) is 12.1. The van der Waals surface area contributed by atoms with E-state index in [1.165, 1.54) is 0 Å². The van der Waals surface area contributed by atoms with Gasteiger partial charge in [-0.15, -0.1) is 0 Å². The lowest BCUT2D eigenvalue weighted by Gasteiger charge is -2.09. The van der Waals surface area contributed by atoms with Crippen molar-refractivity contribution in [3.05, 3.63) is 60.2 Å². The van der Waals surface area contributed by atoms with Crippen LogP contribution in [-0.2, 0) is 0 Å². The topological polar surface area (TPSA) is 38.3 Å². The molecule has 85 valence electrons. The van der Waals surface area contributed by atoms with Gasteiger partial charge in [0, 0.05) is 5.56 Å². The third kappa shape index (κ3) is 2.64. The lowest BCUT2D eigenvalue weighted by Crippen LogP contribution is -2.12. The molecule has 0 unspecified atom stereocenters. The highest BCUT2D eigenvalue weighted by molar-refractivity contribution is 6.04. The predicted octanol–water partition coefficient (Wildman–Crippen LogP) is 2.75. The van der Waals surface area contributed by atoms with E-state index in [4.69, 9.17) is 4.74 Å². The van der Waals surface area contributed by atoms with Gasteiger partial charge in [-0.05, 0) is 30.3 Å². The summed E-state index contributed by atoms with van der Waals surface area (Å²) in [7, 11) is 1.56. The average Bonchev–Trinajstić information content (AvgIpc) is 2.40. The molecule has 17 heavy (non-hydrogen) atoms. The Morgan fingerprint density at radius 3 is 2.71 bits per heavy atom. The third-order valence-corrected chi connectivity index (χ3v) is 2.33. The Hall–Kier alpha value is -2.29. The molecule has 1 radical (unpaired) electrons. The third-order valence-electron chi connectivity index (χ3n) is 2.33. The number of hydrogen-bond acceptors (Lipinski definition) is 2. The molecule has 0 bridgehead atoms. The van der Waals surface area contributed by atoms with Crippen LogP contribution in [0.4, 0.5) is 5.69 Å². The van der Waals surface area contributed by atoms with Gasteiger partial charge in [0.05, 0.1) is 12.8 Å².